The summed E-state index contributed by atoms with van der Waals surface area (Å²) in [5, 5.41) is 12.1. The van der Waals surface area contributed by atoms with Gasteiger partial charge >= 0.3 is 5.97 Å². The zero-order valence-electron chi connectivity index (χ0n) is 9.71. The molecule has 1 aromatic carbocycles. The van der Waals surface area contributed by atoms with Crippen molar-refractivity contribution < 1.29 is 23.9 Å². The number of carboxylic acids is 1. The molecule has 0 unspecified atom stereocenters. The van der Waals surface area contributed by atoms with Crippen LogP contribution in [-0.4, -0.2) is 35.4 Å². The fraction of sp³-hybridized carbons (Fsp3) is 0.182. The van der Waals surface area contributed by atoms with Crippen molar-refractivity contribution >= 4 is 5.97 Å². The minimum atomic E-state index is -1.25. The third-order valence-corrected chi connectivity index (χ3v) is 2.26. The lowest BCUT2D eigenvalue weighted by Crippen LogP contribution is -1.98. The summed E-state index contributed by atoms with van der Waals surface area (Å²) < 4.78 is 15.1. The Balaban J connectivity index is 2.45. The van der Waals surface area contributed by atoms with Crippen LogP contribution in [0.5, 0.6) is 11.5 Å². The number of benzene rings is 1. The van der Waals surface area contributed by atoms with Crippen LogP contribution in [0.25, 0.3) is 11.5 Å². The monoisotopic (exact) mass is 250 g/mol. The van der Waals surface area contributed by atoms with Gasteiger partial charge in [-0.2, -0.15) is 4.98 Å². The van der Waals surface area contributed by atoms with Crippen LogP contribution in [0.4, 0.5) is 0 Å². The molecule has 0 saturated heterocycles. The molecular formula is C11H10N2O5. The van der Waals surface area contributed by atoms with Gasteiger partial charge in [0.15, 0.2) is 0 Å². The number of carbonyl (C=O) groups is 1. The third kappa shape index (κ3) is 2.10. The summed E-state index contributed by atoms with van der Waals surface area (Å²) in [6, 6.07) is 4.97. The summed E-state index contributed by atoms with van der Waals surface area (Å²) in [4.78, 5) is 14.4. The molecule has 1 heterocycles. The van der Waals surface area contributed by atoms with Gasteiger partial charge < -0.3 is 19.1 Å². The van der Waals surface area contributed by atoms with Crippen LogP contribution < -0.4 is 9.47 Å². The number of aromatic nitrogens is 2. The fourth-order valence-electron chi connectivity index (χ4n) is 1.39. The smallest absolute Gasteiger partial charge is 0.377 e. The van der Waals surface area contributed by atoms with E-state index in [4.69, 9.17) is 19.1 Å². The van der Waals surface area contributed by atoms with Crippen molar-refractivity contribution in [1.82, 2.24) is 10.1 Å². The predicted molar refractivity (Wildman–Crippen MR) is 59.8 cm³/mol. The molecule has 2 rings (SSSR count). The lowest BCUT2D eigenvalue weighted by Gasteiger charge is -2.06. The number of nitrogens with zero attached hydrogens (tertiary/aromatic N) is 2. The highest BCUT2D eigenvalue weighted by atomic mass is 16.5. The highest BCUT2D eigenvalue weighted by Gasteiger charge is 2.17. The highest BCUT2D eigenvalue weighted by Crippen LogP contribution is 2.32. The summed E-state index contributed by atoms with van der Waals surface area (Å²) in [6.45, 7) is 0. The van der Waals surface area contributed by atoms with Crippen LogP contribution in [0.1, 0.15) is 10.6 Å². The van der Waals surface area contributed by atoms with Gasteiger partial charge in [0.05, 0.1) is 19.8 Å². The molecule has 0 radical (unpaired) electrons. The number of carboxylic acid groups (broad SMARTS) is 1. The number of hydrogen-bond acceptors (Lipinski definition) is 6. The molecule has 0 atom stereocenters. The van der Waals surface area contributed by atoms with Crippen molar-refractivity contribution in [3.8, 4) is 23.0 Å². The first-order valence-electron chi connectivity index (χ1n) is 4.95. The number of rotatable bonds is 4. The largest absolute Gasteiger partial charge is 0.497 e. The number of hydrogen-bond donors (Lipinski definition) is 1. The van der Waals surface area contributed by atoms with Gasteiger partial charge in [-0.05, 0) is 17.3 Å². The normalized spacial score (nSPS) is 10.1. The average molecular weight is 250 g/mol. The highest BCUT2D eigenvalue weighted by molar-refractivity contribution is 5.83. The Morgan fingerprint density at radius 3 is 2.67 bits per heavy atom. The van der Waals surface area contributed by atoms with Gasteiger partial charge in [0, 0.05) is 6.07 Å². The Labute approximate surface area is 102 Å². The van der Waals surface area contributed by atoms with E-state index in [1.54, 1.807) is 18.2 Å². The second-order valence-corrected chi connectivity index (χ2v) is 3.29. The molecule has 0 bridgehead atoms. The Bertz CT molecular complexity index is 579. The van der Waals surface area contributed by atoms with Crippen molar-refractivity contribution in [3.05, 3.63) is 24.0 Å². The molecule has 1 aromatic heterocycles. The Morgan fingerprint density at radius 2 is 2.11 bits per heavy atom. The van der Waals surface area contributed by atoms with Crippen molar-refractivity contribution in [2.75, 3.05) is 14.2 Å². The topological polar surface area (TPSA) is 94.7 Å². The maximum absolute atomic E-state index is 10.7. The molecule has 1 N–H and O–H groups in total. The Kier molecular flexibility index (Phi) is 3.13. The first-order valence-corrected chi connectivity index (χ1v) is 4.95. The Hall–Kier alpha value is -2.57. The average Bonchev–Trinajstić information content (AvgIpc) is 2.87. The minimum Gasteiger partial charge on any atom is -0.497 e. The standard InChI is InChI=1S/C11H10N2O5/c1-16-6-3-4-7(8(5-6)17-2)10-12-9(11(14)15)13-18-10/h3-5H,1-2H3,(H,14,15). The summed E-state index contributed by atoms with van der Waals surface area (Å²) in [5.41, 5.74) is 0.498. The van der Waals surface area contributed by atoms with Crippen molar-refractivity contribution in [2.24, 2.45) is 0 Å². The number of aromatic carboxylic acids is 1. The third-order valence-electron chi connectivity index (χ3n) is 2.26. The molecule has 0 amide bonds. The summed E-state index contributed by atoms with van der Waals surface area (Å²) in [6.07, 6.45) is 0. The van der Waals surface area contributed by atoms with Gasteiger partial charge in [-0.3, -0.25) is 0 Å². The van der Waals surface area contributed by atoms with Gasteiger partial charge in [-0.1, -0.05) is 0 Å². The van der Waals surface area contributed by atoms with E-state index in [-0.39, 0.29) is 5.89 Å². The zero-order valence-corrected chi connectivity index (χ0v) is 9.71. The van der Waals surface area contributed by atoms with Gasteiger partial charge in [-0.15, -0.1) is 0 Å². The van der Waals surface area contributed by atoms with Crippen LogP contribution in [0, 0.1) is 0 Å². The van der Waals surface area contributed by atoms with Crippen molar-refractivity contribution in [2.45, 2.75) is 0 Å². The summed E-state index contributed by atoms with van der Waals surface area (Å²) >= 11 is 0. The molecule has 0 aliphatic carbocycles. The van der Waals surface area contributed by atoms with E-state index < -0.39 is 11.8 Å². The molecule has 0 spiro atoms. The number of ether oxygens (including phenoxy) is 2. The van der Waals surface area contributed by atoms with E-state index >= 15 is 0 Å². The van der Waals surface area contributed by atoms with Gasteiger partial charge in [0.1, 0.15) is 11.5 Å². The second kappa shape index (κ2) is 4.74. The van der Waals surface area contributed by atoms with Crippen LogP contribution in [0.3, 0.4) is 0 Å². The van der Waals surface area contributed by atoms with E-state index in [1.807, 2.05) is 0 Å². The molecule has 7 heteroatoms. The molecule has 0 aliphatic heterocycles. The van der Waals surface area contributed by atoms with Gasteiger partial charge in [0.2, 0.25) is 0 Å². The molecule has 18 heavy (non-hydrogen) atoms. The van der Waals surface area contributed by atoms with Crippen LogP contribution in [0.15, 0.2) is 22.7 Å². The van der Waals surface area contributed by atoms with E-state index in [2.05, 4.69) is 10.1 Å². The predicted octanol–water partition coefficient (Wildman–Crippen LogP) is 1.45. The zero-order chi connectivity index (χ0) is 13.1. The van der Waals surface area contributed by atoms with Crippen molar-refractivity contribution in [1.29, 1.82) is 0 Å². The Morgan fingerprint density at radius 1 is 1.33 bits per heavy atom. The second-order valence-electron chi connectivity index (χ2n) is 3.29. The molecule has 0 aliphatic rings. The molecule has 7 nitrogen and oxygen atoms in total. The summed E-state index contributed by atoms with van der Waals surface area (Å²) in [7, 11) is 3.01. The lowest BCUT2D eigenvalue weighted by atomic mass is 10.2. The van der Waals surface area contributed by atoms with Gasteiger partial charge in [-0.25, -0.2) is 4.79 Å². The quantitative estimate of drug-likeness (QED) is 0.877. The SMILES string of the molecule is COc1ccc(-c2nc(C(=O)O)no2)c(OC)c1. The van der Waals surface area contributed by atoms with Crippen LogP contribution in [-0.2, 0) is 0 Å². The van der Waals surface area contributed by atoms with E-state index in [0.29, 0.717) is 17.1 Å². The van der Waals surface area contributed by atoms with Crippen molar-refractivity contribution in [3.63, 3.8) is 0 Å². The van der Waals surface area contributed by atoms with Crippen LogP contribution in [0.2, 0.25) is 0 Å². The van der Waals surface area contributed by atoms with E-state index in [0.717, 1.165) is 0 Å². The minimum absolute atomic E-state index is 0.0758. The molecule has 0 fully saturated rings. The first kappa shape index (κ1) is 11.9. The molecule has 2 aromatic rings. The maximum Gasteiger partial charge on any atom is 0.377 e. The first-order chi connectivity index (χ1) is 8.65. The fourth-order valence-corrected chi connectivity index (χ4v) is 1.39. The lowest BCUT2D eigenvalue weighted by molar-refractivity contribution is 0.0680. The molecular weight excluding hydrogens is 240 g/mol. The number of methoxy groups -OCH3 is 2. The van der Waals surface area contributed by atoms with E-state index in [9.17, 15) is 4.79 Å². The van der Waals surface area contributed by atoms with E-state index in [1.165, 1.54) is 14.2 Å². The van der Waals surface area contributed by atoms with Gasteiger partial charge in [0.25, 0.3) is 11.7 Å². The molecule has 0 saturated carbocycles. The maximum atomic E-state index is 10.7. The molecule has 94 valence electrons. The summed E-state index contributed by atoms with van der Waals surface area (Å²) in [5.74, 6) is -0.518. The van der Waals surface area contributed by atoms with Crippen LogP contribution >= 0.6 is 0 Å².